The molecule has 0 fully saturated rings. The van der Waals surface area contributed by atoms with E-state index >= 15 is 0 Å². The summed E-state index contributed by atoms with van der Waals surface area (Å²) in [5.41, 5.74) is 1.54. The molecule has 0 aliphatic carbocycles. The Labute approximate surface area is 204 Å². The number of rotatable bonds is 11. The van der Waals surface area contributed by atoms with Crippen molar-refractivity contribution in [3.8, 4) is 0 Å². The van der Waals surface area contributed by atoms with E-state index in [9.17, 15) is 24.3 Å². The number of aliphatic hydroxyl groups excluding tert-OH is 1. The zero-order valence-corrected chi connectivity index (χ0v) is 19.9. The first kappa shape index (κ1) is 27.3. The van der Waals surface area contributed by atoms with Crippen molar-refractivity contribution in [1.29, 1.82) is 0 Å². The van der Waals surface area contributed by atoms with Gasteiger partial charge in [0.1, 0.15) is 25.3 Å². The summed E-state index contributed by atoms with van der Waals surface area (Å²) in [7, 11) is 0. The molecule has 0 saturated heterocycles. The van der Waals surface area contributed by atoms with Crippen LogP contribution in [0.1, 0.15) is 31.9 Å². The van der Waals surface area contributed by atoms with Crippen molar-refractivity contribution in [2.45, 2.75) is 58.2 Å². The molecule has 10 heteroatoms. The third-order valence-corrected chi connectivity index (χ3v) is 4.95. The number of alkyl carbamates (subject to hydrolysis) is 1. The molecule has 4 atom stereocenters. The summed E-state index contributed by atoms with van der Waals surface area (Å²) in [4.78, 5) is 49.2. The monoisotopic (exact) mass is 485 g/mol. The fraction of sp³-hybridized carbons (Fsp3) is 0.360. The number of hydrogen-bond acceptors (Lipinski definition) is 7. The van der Waals surface area contributed by atoms with E-state index in [1.807, 2.05) is 24.3 Å². The van der Waals surface area contributed by atoms with Crippen molar-refractivity contribution >= 4 is 23.9 Å². The van der Waals surface area contributed by atoms with Crippen LogP contribution in [0.4, 0.5) is 4.79 Å². The minimum Gasteiger partial charge on any atom is -0.459 e. The number of carbonyl (C=O) groups excluding carboxylic acids is 4. The van der Waals surface area contributed by atoms with Crippen LogP contribution in [0, 0.1) is 0 Å². The molecule has 0 aliphatic rings. The Hall–Kier alpha value is -3.92. The Morgan fingerprint density at radius 1 is 0.714 bits per heavy atom. The van der Waals surface area contributed by atoms with Gasteiger partial charge in [-0.25, -0.2) is 9.59 Å². The molecule has 4 N–H and O–H groups in total. The summed E-state index contributed by atoms with van der Waals surface area (Å²) in [5.74, 6) is -2.16. The lowest BCUT2D eigenvalue weighted by Gasteiger charge is -2.23. The standard InChI is InChI=1S/C25H31N3O7/c1-16(26-22(30)17(2)27-25(33)35-15-20-12-8-5-9-13-20)23(31)28-21(18(3)29)24(32)34-14-19-10-6-4-7-11-19/h4-13,16-18,21,29H,14-15H2,1-3H3,(H,26,30)(H,27,33)(H,28,31)/t16-,17-,18+,21-/m0/s1. The molecular formula is C25H31N3O7. The van der Waals surface area contributed by atoms with E-state index in [0.29, 0.717) is 0 Å². The van der Waals surface area contributed by atoms with Crippen molar-refractivity contribution in [3.05, 3.63) is 71.8 Å². The fourth-order valence-corrected chi connectivity index (χ4v) is 2.88. The Bertz CT molecular complexity index is 983. The average molecular weight is 486 g/mol. The molecule has 2 aromatic carbocycles. The largest absolute Gasteiger partial charge is 0.459 e. The molecule has 0 heterocycles. The highest BCUT2D eigenvalue weighted by atomic mass is 16.5. The van der Waals surface area contributed by atoms with Crippen LogP contribution in [0.25, 0.3) is 0 Å². The Morgan fingerprint density at radius 3 is 1.69 bits per heavy atom. The first-order chi connectivity index (χ1) is 16.7. The zero-order valence-electron chi connectivity index (χ0n) is 19.9. The molecule has 0 spiro atoms. The van der Waals surface area contributed by atoms with Gasteiger partial charge in [0.15, 0.2) is 6.04 Å². The highest BCUT2D eigenvalue weighted by Gasteiger charge is 2.30. The molecule has 0 saturated carbocycles. The highest BCUT2D eigenvalue weighted by Crippen LogP contribution is 2.05. The van der Waals surface area contributed by atoms with Gasteiger partial charge in [-0.15, -0.1) is 0 Å². The van der Waals surface area contributed by atoms with Gasteiger partial charge in [-0.3, -0.25) is 9.59 Å². The number of nitrogens with one attached hydrogen (secondary N) is 3. The van der Waals surface area contributed by atoms with Gasteiger partial charge in [-0.05, 0) is 31.9 Å². The maximum absolute atomic E-state index is 12.5. The summed E-state index contributed by atoms with van der Waals surface area (Å²) in [5, 5.41) is 17.2. The lowest BCUT2D eigenvalue weighted by molar-refractivity contribution is -0.152. The number of hydrogen-bond donors (Lipinski definition) is 4. The predicted octanol–water partition coefficient (Wildman–Crippen LogP) is 1.42. The Kier molecular flexibility index (Phi) is 10.7. The van der Waals surface area contributed by atoms with Crippen LogP contribution < -0.4 is 16.0 Å². The van der Waals surface area contributed by atoms with Gasteiger partial charge >= 0.3 is 12.1 Å². The number of aliphatic hydroxyl groups is 1. The minimum absolute atomic E-state index is 0.0192. The first-order valence-electron chi connectivity index (χ1n) is 11.1. The summed E-state index contributed by atoms with van der Waals surface area (Å²) in [6, 6.07) is 14.6. The number of esters is 1. The maximum atomic E-state index is 12.5. The van der Waals surface area contributed by atoms with Gasteiger partial charge in [0, 0.05) is 0 Å². The van der Waals surface area contributed by atoms with Crippen molar-refractivity contribution in [1.82, 2.24) is 16.0 Å². The van der Waals surface area contributed by atoms with Crippen LogP contribution in [0.15, 0.2) is 60.7 Å². The summed E-state index contributed by atoms with van der Waals surface area (Å²) in [6.45, 7) is 4.20. The van der Waals surface area contributed by atoms with Crippen LogP contribution in [-0.2, 0) is 37.1 Å². The molecule has 0 aliphatic heterocycles. The lowest BCUT2D eigenvalue weighted by atomic mass is 10.1. The molecule has 2 rings (SSSR count). The van der Waals surface area contributed by atoms with E-state index in [4.69, 9.17) is 9.47 Å². The Balaban J connectivity index is 1.80. The number of amides is 3. The molecule has 0 bridgehead atoms. The quantitative estimate of drug-likeness (QED) is 0.353. The van der Waals surface area contributed by atoms with Gasteiger partial charge in [0.25, 0.3) is 0 Å². The van der Waals surface area contributed by atoms with Gasteiger partial charge < -0.3 is 30.5 Å². The van der Waals surface area contributed by atoms with Crippen molar-refractivity contribution < 1.29 is 33.8 Å². The van der Waals surface area contributed by atoms with E-state index < -0.39 is 48.1 Å². The average Bonchev–Trinajstić information content (AvgIpc) is 2.85. The number of carbonyl (C=O) groups is 4. The lowest BCUT2D eigenvalue weighted by Crippen LogP contribution is -2.56. The second-order valence-corrected chi connectivity index (χ2v) is 7.98. The maximum Gasteiger partial charge on any atom is 0.408 e. The first-order valence-corrected chi connectivity index (χ1v) is 11.1. The summed E-state index contributed by atoms with van der Waals surface area (Å²) in [6.07, 6.45) is -2.02. The smallest absolute Gasteiger partial charge is 0.408 e. The van der Waals surface area contributed by atoms with Gasteiger partial charge in [0.05, 0.1) is 6.10 Å². The highest BCUT2D eigenvalue weighted by molar-refractivity contribution is 5.92. The van der Waals surface area contributed by atoms with Crippen LogP contribution in [-0.4, -0.2) is 53.2 Å². The van der Waals surface area contributed by atoms with Gasteiger partial charge in [0.2, 0.25) is 11.8 Å². The fourth-order valence-electron chi connectivity index (χ4n) is 2.88. The van der Waals surface area contributed by atoms with Gasteiger partial charge in [-0.1, -0.05) is 60.7 Å². The molecule has 10 nitrogen and oxygen atoms in total. The SMILES string of the molecule is C[C@H](NC(=O)OCc1ccccc1)C(=O)N[C@@H](C)C(=O)N[C@H](C(=O)OCc1ccccc1)[C@@H](C)O. The van der Waals surface area contributed by atoms with Crippen LogP contribution >= 0.6 is 0 Å². The van der Waals surface area contributed by atoms with Crippen molar-refractivity contribution in [2.24, 2.45) is 0 Å². The second-order valence-electron chi connectivity index (χ2n) is 7.98. The predicted molar refractivity (Wildman–Crippen MR) is 127 cm³/mol. The third-order valence-electron chi connectivity index (χ3n) is 4.95. The van der Waals surface area contributed by atoms with Crippen molar-refractivity contribution in [2.75, 3.05) is 0 Å². The summed E-state index contributed by atoms with van der Waals surface area (Å²) < 4.78 is 10.3. The summed E-state index contributed by atoms with van der Waals surface area (Å²) >= 11 is 0. The van der Waals surface area contributed by atoms with E-state index in [0.717, 1.165) is 11.1 Å². The molecule has 0 unspecified atom stereocenters. The molecule has 188 valence electrons. The molecule has 2 aromatic rings. The van der Waals surface area contributed by atoms with E-state index in [1.54, 1.807) is 36.4 Å². The Morgan fingerprint density at radius 2 is 1.17 bits per heavy atom. The van der Waals surface area contributed by atoms with Crippen LogP contribution in [0.2, 0.25) is 0 Å². The van der Waals surface area contributed by atoms with E-state index in [2.05, 4.69) is 16.0 Å². The van der Waals surface area contributed by atoms with Crippen LogP contribution in [0.5, 0.6) is 0 Å². The van der Waals surface area contributed by atoms with Gasteiger partial charge in [-0.2, -0.15) is 0 Å². The molecular weight excluding hydrogens is 454 g/mol. The van der Waals surface area contributed by atoms with E-state index in [-0.39, 0.29) is 13.2 Å². The van der Waals surface area contributed by atoms with E-state index in [1.165, 1.54) is 20.8 Å². The molecule has 35 heavy (non-hydrogen) atoms. The third kappa shape index (κ3) is 9.46. The molecule has 3 amide bonds. The normalized spacial score (nSPS) is 13.9. The zero-order chi connectivity index (χ0) is 25.8. The molecule has 0 radical (unpaired) electrons. The minimum atomic E-state index is -1.32. The second kappa shape index (κ2) is 13.7. The number of ether oxygens (including phenoxy) is 2. The number of benzene rings is 2. The van der Waals surface area contributed by atoms with Crippen LogP contribution in [0.3, 0.4) is 0 Å². The van der Waals surface area contributed by atoms with Crippen molar-refractivity contribution in [3.63, 3.8) is 0 Å². The topological polar surface area (TPSA) is 143 Å². The molecule has 0 aromatic heterocycles.